The highest BCUT2D eigenvalue weighted by Gasteiger charge is 2.10. The number of rotatable bonds is 3. The van der Waals surface area contributed by atoms with Gasteiger partial charge in [0.2, 0.25) is 0 Å². The Kier molecular flexibility index (Phi) is 4.28. The van der Waals surface area contributed by atoms with E-state index in [-0.39, 0.29) is 6.61 Å². The topological polar surface area (TPSA) is 9.23 Å². The van der Waals surface area contributed by atoms with E-state index >= 15 is 0 Å². The molecule has 0 unspecified atom stereocenters. The first-order valence-corrected chi connectivity index (χ1v) is 6.10. The molecule has 1 nitrogen and oxygen atoms in total. The molecule has 0 radical (unpaired) electrons. The van der Waals surface area contributed by atoms with Gasteiger partial charge in [-0.1, -0.05) is 6.42 Å². The zero-order valence-electron chi connectivity index (χ0n) is 10.0. The van der Waals surface area contributed by atoms with E-state index in [0.29, 0.717) is 5.56 Å². The van der Waals surface area contributed by atoms with E-state index in [1.165, 1.54) is 12.0 Å². The minimum atomic E-state index is -1.44. The molecule has 98 valence electrons. The predicted octanol–water partition coefficient (Wildman–Crippen LogP) is 4.47. The SMILES string of the molecule is Fc1cc(COC=C2CCCCC2)cc(F)c1F. The van der Waals surface area contributed by atoms with Crippen molar-refractivity contribution in [2.24, 2.45) is 0 Å². The number of allylic oxidation sites excluding steroid dienone is 1. The Morgan fingerprint density at radius 1 is 1.00 bits per heavy atom. The van der Waals surface area contributed by atoms with Crippen LogP contribution in [0.1, 0.15) is 37.7 Å². The minimum absolute atomic E-state index is 0.0532. The van der Waals surface area contributed by atoms with Crippen LogP contribution in [0, 0.1) is 17.5 Å². The van der Waals surface area contributed by atoms with Gasteiger partial charge in [-0.2, -0.15) is 0 Å². The molecule has 2 rings (SSSR count). The van der Waals surface area contributed by atoms with Gasteiger partial charge >= 0.3 is 0 Å². The van der Waals surface area contributed by atoms with Crippen molar-refractivity contribution in [1.29, 1.82) is 0 Å². The van der Waals surface area contributed by atoms with Crippen LogP contribution in [0.15, 0.2) is 24.0 Å². The third-order valence-electron chi connectivity index (χ3n) is 3.04. The molecule has 1 aliphatic carbocycles. The summed E-state index contributed by atoms with van der Waals surface area (Å²) in [4.78, 5) is 0. The van der Waals surface area contributed by atoms with E-state index in [2.05, 4.69) is 0 Å². The fraction of sp³-hybridized carbons (Fsp3) is 0.429. The van der Waals surface area contributed by atoms with Crippen molar-refractivity contribution in [3.05, 3.63) is 47.0 Å². The van der Waals surface area contributed by atoms with Crippen molar-refractivity contribution < 1.29 is 17.9 Å². The first-order valence-electron chi connectivity index (χ1n) is 6.10. The van der Waals surface area contributed by atoms with Crippen LogP contribution in [-0.4, -0.2) is 0 Å². The molecule has 1 aliphatic rings. The van der Waals surface area contributed by atoms with E-state index in [0.717, 1.165) is 37.8 Å². The molecule has 1 aromatic rings. The second-order valence-corrected chi connectivity index (χ2v) is 4.52. The maximum atomic E-state index is 12.9. The monoisotopic (exact) mass is 256 g/mol. The van der Waals surface area contributed by atoms with Gasteiger partial charge in [-0.15, -0.1) is 0 Å². The summed E-state index contributed by atoms with van der Waals surface area (Å²) in [7, 11) is 0. The largest absolute Gasteiger partial charge is 0.497 e. The van der Waals surface area contributed by atoms with Gasteiger partial charge in [-0.05, 0) is 49.0 Å². The van der Waals surface area contributed by atoms with Crippen molar-refractivity contribution >= 4 is 0 Å². The Morgan fingerprint density at radius 3 is 2.22 bits per heavy atom. The lowest BCUT2D eigenvalue weighted by Gasteiger charge is -2.13. The zero-order chi connectivity index (χ0) is 13.0. The summed E-state index contributed by atoms with van der Waals surface area (Å²) in [5, 5.41) is 0. The van der Waals surface area contributed by atoms with Gasteiger partial charge in [0, 0.05) is 0 Å². The van der Waals surface area contributed by atoms with Crippen LogP contribution in [0.25, 0.3) is 0 Å². The molecule has 0 amide bonds. The lowest BCUT2D eigenvalue weighted by molar-refractivity contribution is 0.229. The van der Waals surface area contributed by atoms with Crippen LogP contribution < -0.4 is 0 Å². The van der Waals surface area contributed by atoms with Crippen LogP contribution in [0.5, 0.6) is 0 Å². The summed E-state index contributed by atoms with van der Waals surface area (Å²) in [6.07, 6.45) is 7.27. The number of halogens is 3. The molecule has 0 saturated heterocycles. The van der Waals surface area contributed by atoms with Gasteiger partial charge in [0.25, 0.3) is 0 Å². The molecular formula is C14H15F3O. The van der Waals surface area contributed by atoms with Crippen molar-refractivity contribution in [1.82, 2.24) is 0 Å². The van der Waals surface area contributed by atoms with Crippen molar-refractivity contribution in [3.8, 4) is 0 Å². The molecule has 0 heterocycles. The average molecular weight is 256 g/mol. The first kappa shape index (κ1) is 13.0. The van der Waals surface area contributed by atoms with Gasteiger partial charge < -0.3 is 4.74 Å². The van der Waals surface area contributed by atoms with E-state index in [1.807, 2.05) is 0 Å². The normalized spacial score (nSPS) is 15.6. The third-order valence-corrected chi connectivity index (χ3v) is 3.04. The standard InChI is InChI=1S/C14H15F3O/c15-12-6-11(7-13(16)14(12)17)9-18-8-10-4-2-1-3-5-10/h6-8H,1-5,9H2. The summed E-state index contributed by atoms with van der Waals surface area (Å²) in [5.41, 5.74) is 1.52. The molecule has 0 spiro atoms. The van der Waals surface area contributed by atoms with Crippen LogP contribution in [0.2, 0.25) is 0 Å². The first-order chi connectivity index (χ1) is 8.66. The second-order valence-electron chi connectivity index (χ2n) is 4.52. The van der Waals surface area contributed by atoms with E-state index in [9.17, 15) is 13.2 Å². The van der Waals surface area contributed by atoms with Gasteiger partial charge in [0.05, 0.1) is 6.26 Å². The molecular weight excluding hydrogens is 241 g/mol. The van der Waals surface area contributed by atoms with Gasteiger partial charge in [0.1, 0.15) is 6.61 Å². The number of hydrogen-bond donors (Lipinski definition) is 0. The molecule has 0 bridgehead atoms. The summed E-state index contributed by atoms with van der Waals surface area (Å²) in [6, 6.07) is 1.91. The smallest absolute Gasteiger partial charge is 0.194 e. The average Bonchev–Trinajstić information content (AvgIpc) is 2.37. The van der Waals surface area contributed by atoms with Crippen LogP contribution in [0.4, 0.5) is 13.2 Å². The van der Waals surface area contributed by atoms with Crippen molar-refractivity contribution in [2.75, 3.05) is 0 Å². The van der Waals surface area contributed by atoms with Crippen molar-refractivity contribution in [2.45, 2.75) is 38.7 Å². The number of ether oxygens (including phenoxy) is 1. The summed E-state index contributed by atoms with van der Waals surface area (Å²) < 4.78 is 43.9. The fourth-order valence-corrected chi connectivity index (χ4v) is 2.07. The highest BCUT2D eigenvalue weighted by molar-refractivity contribution is 5.18. The maximum absolute atomic E-state index is 12.9. The third kappa shape index (κ3) is 3.28. The Hall–Kier alpha value is -1.45. The molecule has 1 fully saturated rings. The molecule has 1 aromatic carbocycles. The fourth-order valence-electron chi connectivity index (χ4n) is 2.07. The lowest BCUT2D eigenvalue weighted by atomic mass is 9.96. The number of hydrogen-bond acceptors (Lipinski definition) is 1. The van der Waals surface area contributed by atoms with Gasteiger partial charge in [-0.25, -0.2) is 13.2 Å². The molecule has 18 heavy (non-hydrogen) atoms. The summed E-state index contributed by atoms with van der Waals surface area (Å²) in [5.74, 6) is -3.80. The minimum Gasteiger partial charge on any atom is -0.497 e. The van der Waals surface area contributed by atoms with E-state index < -0.39 is 17.5 Å². The molecule has 0 atom stereocenters. The Bertz CT molecular complexity index is 423. The summed E-state index contributed by atoms with van der Waals surface area (Å²) >= 11 is 0. The van der Waals surface area contributed by atoms with E-state index in [4.69, 9.17) is 4.74 Å². The second kappa shape index (κ2) is 5.94. The molecule has 4 heteroatoms. The van der Waals surface area contributed by atoms with Crippen LogP contribution >= 0.6 is 0 Å². The Balaban J connectivity index is 1.94. The molecule has 0 aliphatic heterocycles. The highest BCUT2D eigenvalue weighted by atomic mass is 19.2. The van der Waals surface area contributed by atoms with E-state index in [1.54, 1.807) is 6.26 Å². The van der Waals surface area contributed by atoms with Crippen LogP contribution in [0.3, 0.4) is 0 Å². The quantitative estimate of drug-likeness (QED) is 0.572. The zero-order valence-corrected chi connectivity index (χ0v) is 10.0. The molecule has 0 aromatic heterocycles. The molecule has 0 N–H and O–H groups in total. The Labute approximate surface area is 104 Å². The highest BCUT2D eigenvalue weighted by Crippen LogP contribution is 2.23. The van der Waals surface area contributed by atoms with Crippen LogP contribution in [-0.2, 0) is 11.3 Å². The maximum Gasteiger partial charge on any atom is 0.194 e. The predicted molar refractivity (Wildman–Crippen MR) is 62.3 cm³/mol. The lowest BCUT2D eigenvalue weighted by Crippen LogP contribution is -1.97. The Morgan fingerprint density at radius 2 is 1.61 bits per heavy atom. The van der Waals surface area contributed by atoms with Gasteiger partial charge in [-0.3, -0.25) is 0 Å². The molecule has 1 saturated carbocycles. The van der Waals surface area contributed by atoms with Crippen molar-refractivity contribution in [3.63, 3.8) is 0 Å². The summed E-state index contributed by atoms with van der Waals surface area (Å²) in [6.45, 7) is 0.0532. The number of benzene rings is 1. The van der Waals surface area contributed by atoms with Gasteiger partial charge in [0.15, 0.2) is 17.5 Å².